The number of phenols is 1. The first-order chi connectivity index (χ1) is 15.3. The molecule has 0 saturated carbocycles. The van der Waals surface area contributed by atoms with Crippen molar-refractivity contribution in [3.63, 3.8) is 0 Å². The summed E-state index contributed by atoms with van der Waals surface area (Å²) in [5.74, 6) is -1.86. The largest absolute Gasteiger partial charge is 0.504 e. The molecule has 1 aliphatic rings. The van der Waals surface area contributed by atoms with Gasteiger partial charge in [0.15, 0.2) is 11.5 Å². The lowest BCUT2D eigenvalue weighted by Crippen LogP contribution is -2.38. The van der Waals surface area contributed by atoms with Gasteiger partial charge in [0.05, 0.1) is 12.3 Å². The van der Waals surface area contributed by atoms with Crippen molar-refractivity contribution in [3.05, 3.63) is 71.7 Å². The van der Waals surface area contributed by atoms with E-state index < -0.39 is 30.2 Å². The summed E-state index contributed by atoms with van der Waals surface area (Å²) in [6.45, 7) is 5.16. The molecule has 1 saturated heterocycles. The van der Waals surface area contributed by atoms with Crippen LogP contribution in [0.2, 0.25) is 0 Å². The van der Waals surface area contributed by atoms with Crippen LogP contribution in [-0.4, -0.2) is 41.0 Å². The standard InChI is InChI=1S/C23H22FN3O5/c1-3-7-15-10-14(12-19(21(15)29)32-4-2)11-18-22(30)27(23(31)26-18)13-20(28)25-17-9-6-5-8-16(17)24/h3,5-6,8-12,29H,1,4,7,13H2,2H3,(H,25,28)(H,26,31)/b18-11+. The fourth-order valence-electron chi connectivity index (χ4n) is 3.13. The van der Waals surface area contributed by atoms with Gasteiger partial charge in [0.2, 0.25) is 5.91 Å². The monoisotopic (exact) mass is 439 g/mol. The second-order valence-corrected chi connectivity index (χ2v) is 6.86. The van der Waals surface area contributed by atoms with E-state index in [1.807, 2.05) is 0 Å². The number of rotatable bonds is 8. The number of para-hydroxylation sites is 1. The number of halogens is 1. The number of benzene rings is 2. The fraction of sp³-hybridized carbons (Fsp3) is 0.174. The Hall–Kier alpha value is -4.14. The molecule has 32 heavy (non-hydrogen) atoms. The summed E-state index contributed by atoms with van der Waals surface area (Å²) in [5, 5.41) is 15.1. The third-order valence-corrected chi connectivity index (χ3v) is 4.56. The lowest BCUT2D eigenvalue weighted by atomic mass is 10.0. The predicted molar refractivity (Wildman–Crippen MR) is 116 cm³/mol. The van der Waals surface area contributed by atoms with Gasteiger partial charge >= 0.3 is 6.03 Å². The number of ether oxygens (including phenoxy) is 1. The molecule has 2 aromatic carbocycles. The van der Waals surface area contributed by atoms with E-state index in [0.29, 0.717) is 24.2 Å². The minimum absolute atomic E-state index is 0.0258. The van der Waals surface area contributed by atoms with Crippen LogP contribution < -0.4 is 15.4 Å². The van der Waals surface area contributed by atoms with Gasteiger partial charge in [-0.2, -0.15) is 0 Å². The number of anilines is 1. The molecule has 9 heteroatoms. The highest BCUT2D eigenvalue weighted by molar-refractivity contribution is 6.16. The molecule has 0 bridgehead atoms. The molecule has 0 unspecified atom stereocenters. The van der Waals surface area contributed by atoms with E-state index in [4.69, 9.17) is 4.74 Å². The Morgan fingerprint density at radius 3 is 2.75 bits per heavy atom. The number of carbonyl (C=O) groups excluding carboxylic acids is 3. The molecule has 0 aliphatic carbocycles. The van der Waals surface area contributed by atoms with Crippen molar-refractivity contribution in [3.8, 4) is 11.5 Å². The third-order valence-electron chi connectivity index (χ3n) is 4.56. The molecule has 1 aliphatic heterocycles. The van der Waals surface area contributed by atoms with Gasteiger partial charge in [-0.25, -0.2) is 14.1 Å². The molecular formula is C23H22FN3O5. The van der Waals surface area contributed by atoms with Crippen molar-refractivity contribution >= 4 is 29.6 Å². The zero-order valence-corrected chi connectivity index (χ0v) is 17.4. The molecular weight excluding hydrogens is 417 g/mol. The number of hydrogen-bond acceptors (Lipinski definition) is 5. The van der Waals surface area contributed by atoms with Gasteiger partial charge in [0.25, 0.3) is 5.91 Å². The smallest absolute Gasteiger partial charge is 0.329 e. The Morgan fingerprint density at radius 1 is 1.31 bits per heavy atom. The van der Waals surface area contributed by atoms with Gasteiger partial charge in [-0.15, -0.1) is 6.58 Å². The first kappa shape index (κ1) is 22.5. The van der Waals surface area contributed by atoms with Crippen molar-refractivity contribution in [1.82, 2.24) is 10.2 Å². The maximum Gasteiger partial charge on any atom is 0.329 e. The molecule has 3 rings (SSSR count). The Balaban J connectivity index is 1.80. The highest BCUT2D eigenvalue weighted by Crippen LogP contribution is 2.33. The Bertz CT molecular complexity index is 1110. The van der Waals surface area contributed by atoms with Crippen LogP contribution in [-0.2, 0) is 16.0 Å². The van der Waals surface area contributed by atoms with Crippen LogP contribution in [0.3, 0.4) is 0 Å². The van der Waals surface area contributed by atoms with E-state index in [9.17, 15) is 23.9 Å². The van der Waals surface area contributed by atoms with Crippen LogP contribution in [0.1, 0.15) is 18.1 Å². The minimum atomic E-state index is -0.778. The van der Waals surface area contributed by atoms with E-state index in [-0.39, 0.29) is 22.9 Å². The van der Waals surface area contributed by atoms with Crippen LogP contribution in [0.25, 0.3) is 6.08 Å². The van der Waals surface area contributed by atoms with Crippen LogP contribution in [0.5, 0.6) is 11.5 Å². The fourth-order valence-corrected chi connectivity index (χ4v) is 3.13. The average Bonchev–Trinajstić information content (AvgIpc) is 3.00. The first-order valence-electron chi connectivity index (χ1n) is 9.82. The molecule has 4 amide bonds. The summed E-state index contributed by atoms with van der Waals surface area (Å²) in [4.78, 5) is 37.9. The molecule has 1 fully saturated rings. The van der Waals surface area contributed by atoms with Crippen LogP contribution in [0, 0.1) is 5.82 Å². The molecule has 2 aromatic rings. The Morgan fingerprint density at radius 2 is 2.06 bits per heavy atom. The van der Waals surface area contributed by atoms with Crippen LogP contribution in [0.4, 0.5) is 14.9 Å². The summed E-state index contributed by atoms with van der Waals surface area (Å²) in [7, 11) is 0. The molecule has 8 nitrogen and oxygen atoms in total. The first-order valence-corrected chi connectivity index (χ1v) is 9.82. The van der Waals surface area contributed by atoms with Crippen LogP contribution >= 0.6 is 0 Å². The number of aromatic hydroxyl groups is 1. The van der Waals surface area contributed by atoms with Gasteiger partial charge in [-0.3, -0.25) is 9.59 Å². The molecule has 1 heterocycles. The van der Waals surface area contributed by atoms with E-state index in [2.05, 4.69) is 17.2 Å². The summed E-state index contributed by atoms with van der Waals surface area (Å²) in [5.41, 5.74) is 0.939. The molecule has 166 valence electrons. The third kappa shape index (κ3) is 4.94. The lowest BCUT2D eigenvalue weighted by molar-refractivity contribution is -0.127. The number of nitrogens with one attached hydrogen (secondary N) is 2. The summed E-state index contributed by atoms with van der Waals surface area (Å²) >= 11 is 0. The highest BCUT2D eigenvalue weighted by atomic mass is 19.1. The van der Waals surface area contributed by atoms with E-state index in [1.165, 1.54) is 30.3 Å². The number of imide groups is 1. The molecule has 0 radical (unpaired) electrons. The van der Waals surface area contributed by atoms with Gasteiger partial charge in [-0.1, -0.05) is 18.2 Å². The average molecular weight is 439 g/mol. The lowest BCUT2D eigenvalue weighted by Gasteiger charge is -2.12. The van der Waals surface area contributed by atoms with Crippen LogP contribution in [0.15, 0.2) is 54.8 Å². The summed E-state index contributed by atoms with van der Waals surface area (Å²) in [6.07, 6.45) is 3.40. The predicted octanol–water partition coefficient (Wildman–Crippen LogP) is 3.19. The van der Waals surface area contributed by atoms with Gasteiger partial charge in [0.1, 0.15) is 18.1 Å². The van der Waals surface area contributed by atoms with E-state index >= 15 is 0 Å². The highest BCUT2D eigenvalue weighted by Gasteiger charge is 2.35. The minimum Gasteiger partial charge on any atom is -0.504 e. The number of hydrogen-bond donors (Lipinski definition) is 3. The second-order valence-electron chi connectivity index (χ2n) is 6.86. The van der Waals surface area contributed by atoms with E-state index in [0.717, 1.165) is 4.90 Å². The number of nitrogens with zero attached hydrogens (tertiary/aromatic N) is 1. The maximum absolute atomic E-state index is 13.7. The number of urea groups is 1. The zero-order chi connectivity index (χ0) is 23.3. The maximum atomic E-state index is 13.7. The number of carbonyl (C=O) groups is 3. The number of allylic oxidation sites excluding steroid dienone is 1. The molecule has 0 spiro atoms. The van der Waals surface area contributed by atoms with Gasteiger partial charge < -0.3 is 20.5 Å². The number of phenolic OH excluding ortho intramolecular Hbond substituents is 1. The van der Waals surface area contributed by atoms with Crippen molar-refractivity contribution in [2.75, 3.05) is 18.5 Å². The summed E-state index contributed by atoms with van der Waals surface area (Å²) in [6, 6.07) is 7.96. The topological polar surface area (TPSA) is 108 Å². The second kappa shape index (κ2) is 9.78. The Kier molecular flexibility index (Phi) is 6.89. The quantitative estimate of drug-likeness (QED) is 0.333. The Labute approximate surface area is 184 Å². The van der Waals surface area contributed by atoms with Crippen molar-refractivity contribution in [2.45, 2.75) is 13.3 Å². The normalized spacial score (nSPS) is 14.4. The molecule has 0 aromatic heterocycles. The van der Waals surface area contributed by atoms with E-state index in [1.54, 1.807) is 25.1 Å². The summed E-state index contributed by atoms with van der Waals surface area (Å²) < 4.78 is 19.1. The zero-order valence-electron chi connectivity index (χ0n) is 17.4. The molecule has 3 N–H and O–H groups in total. The molecule has 0 atom stereocenters. The van der Waals surface area contributed by atoms with Crippen molar-refractivity contribution < 1.29 is 28.6 Å². The van der Waals surface area contributed by atoms with Gasteiger partial charge in [0, 0.05) is 5.56 Å². The SMILES string of the molecule is C=CCc1cc(/C=C2/NC(=O)N(CC(=O)Nc3ccccc3F)C2=O)cc(OCC)c1O. The van der Waals surface area contributed by atoms with Gasteiger partial charge in [-0.05, 0) is 49.2 Å². The number of amides is 4. The van der Waals surface area contributed by atoms with Crippen molar-refractivity contribution in [1.29, 1.82) is 0 Å². The van der Waals surface area contributed by atoms with Crippen molar-refractivity contribution in [2.24, 2.45) is 0 Å².